The highest BCUT2D eigenvalue weighted by atomic mass is 35.5. The zero-order chi connectivity index (χ0) is 15.0. The van der Waals surface area contributed by atoms with Crippen molar-refractivity contribution in [1.82, 2.24) is 10.0 Å². The molecule has 1 aromatic rings. The minimum Gasteiger partial charge on any atom is -0.490 e. The summed E-state index contributed by atoms with van der Waals surface area (Å²) in [5, 5.41) is 2.81. The summed E-state index contributed by atoms with van der Waals surface area (Å²) in [4.78, 5) is -0.218. The Morgan fingerprint density at radius 3 is 2.57 bits per heavy atom. The standard InChI is InChI=1S/C12H19FN2O4S.ClH/c1-14-5-6-15-20(16,17)12-9-10(13)3-4-11(12)19-8-7-18-2;/h3-4,9,14-15H,5-8H2,1-2H3;1H. The quantitative estimate of drug-likeness (QED) is 0.648. The van der Waals surface area contributed by atoms with Gasteiger partial charge in [0, 0.05) is 20.2 Å². The van der Waals surface area contributed by atoms with Crippen molar-refractivity contribution >= 4 is 22.4 Å². The third-order valence-corrected chi connectivity index (χ3v) is 3.89. The van der Waals surface area contributed by atoms with Crippen LogP contribution in [-0.4, -0.2) is 48.9 Å². The number of nitrogens with one attached hydrogen (secondary N) is 2. The van der Waals surface area contributed by atoms with Crippen LogP contribution in [0.3, 0.4) is 0 Å². The lowest BCUT2D eigenvalue weighted by atomic mass is 10.3. The molecular formula is C12H20ClFN2O4S. The molecule has 0 aromatic heterocycles. The summed E-state index contributed by atoms with van der Waals surface area (Å²) in [6, 6.07) is 3.37. The number of ether oxygens (including phenoxy) is 2. The molecule has 0 aliphatic rings. The highest BCUT2D eigenvalue weighted by Crippen LogP contribution is 2.24. The number of likely N-dealkylation sites (N-methyl/N-ethyl adjacent to an activating group) is 1. The van der Waals surface area contributed by atoms with E-state index in [2.05, 4.69) is 10.0 Å². The fraction of sp³-hybridized carbons (Fsp3) is 0.500. The van der Waals surface area contributed by atoms with Gasteiger partial charge in [-0.15, -0.1) is 12.4 Å². The number of hydrogen-bond donors (Lipinski definition) is 2. The molecule has 122 valence electrons. The van der Waals surface area contributed by atoms with E-state index >= 15 is 0 Å². The van der Waals surface area contributed by atoms with E-state index in [9.17, 15) is 12.8 Å². The van der Waals surface area contributed by atoms with Crippen molar-refractivity contribution in [2.75, 3.05) is 40.5 Å². The maximum absolute atomic E-state index is 13.3. The van der Waals surface area contributed by atoms with E-state index in [1.54, 1.807) is 7.05 Å². The highest BCUT2D eigenvalue weighted by Gasteiger charge is 2.20. The first-order valence-electron chi connectivity index (χ1n) is 6.07. The number of methoxy groups -OCH3 is 1. The van der Waals surface area contributed by atoms with Crippen LogP contribution in [0.5, 0.6) is 5.75 Å². The maximum Gasteiger partial charge on any atom is 0.244 e. The van der Waals surface area contributed by atoms with Gasteiger partial charge in [-0.2, -0.15) is 0 Å². The summed E-state index contributed by atoms with van der Waals surface area (Å²) in [5.41, 5.74) is 0. The molecule has 0 saturated heterocycles. The predicted octanol–water partition coefficient (Wildman–Crippen LogP) is 0.770. The second-order valence-corrected chi connectivity index (χ2v) is 5.67. The van der Waals surface area contributed by atoms with Crippen LogP contribution in [0.1, 0.15) is 0 Å². The third-order valence-electron chi connectivity index (χ3n) is 2.41. The van der Waals surface area contributed by atoms with Gasteiger partial charge in [0.1, 0.15) is 23.1 Å². The molecule has 1 aromatic carbocycles. The Bertz CT molecular complexity index is 528. The van der Waals surface area contributed by atoms with Gasteiger partial charge in [0.25, 0.3) is 0 Å². The van der Waals surface area contributed by atoms with E-state index in [0.29, 0.717) is 13.2 Å². The Hall–Kier alpha value is -0.930. The molecule has 0 aliphatic heterocycles. The van der Waals surface area contributed by atoms with Gasteiger partial charge >= 0.3 is 0 Å². The molecule has 9 heteroatoms. The molecule has 21 heavy (non-hydrogen) atoms. The molecule has 0 aliphatic carbocycles. The summed E-state index contributed by atoms with van der Waals surface area (Å²) < 4.78 is 49.9. The van der Waals surface area contributed by atoms with E-state index in [-0.39, 0.29) is 36.2 Å². The molecule has 1 rings (SSSR count). The molecule has 0 amide bonds. The van der Waals surface area contributed by atoms with Crippen LogP contribution >= 0.6 is 12.4 Å². The third kappa shape index (κ3) is 6.58. The van der Waals surface area contributed by atoms with Gasteiger partial charge in [-0.3, -0.25) is 0 Å². The molecule has 0 spiro atoms. The molecule has 0 atom stereocenters. The molecule has 0 heterocycles. The maximum atomic E-state index is 13.3. The Kier molecular flexibility index (Phi) is 9.47. The molecule has 0 bridgehead atoms. The van der Waals surface area contributed by atoms with Crippen LogP contribution in [0.25, 0.3) is 0 Å². The topological polar surface area (TPSA) is 76.7 Å². The van der Waals surface area contributed by atoms with Crippen LogP contribution in [0.4, 0.5) is 4.39 Å². The van der Waals surface area contributed by atoms with Crippen molar-refractivity contribution in [2.24, 2.45) is 0 Å². The van der Waals surface area contributed by atoms with E-state index in [0.717, 1.165) is 12.1 Å². The summed E-state index contributed by atoms with van der Waals surface area (Å²) in [6.45, 7) is 1.16. The van der Waals surface area contributed by atoms with Crippen LogP contribution in [0.15, 0.2) is 23.1 Å². The average Bonchev–Trinajstić information content (AvgIpc) is 2.41. The number of benzene rings is 1. The minimum atomic E-state index is -3.82. The molecule has 0 radical (unpaired) electrons. The largest absolute Gasteiger partial charge is 0.490 e. The van der Waals surface area contributed by atoms with Crippen molar-refractivity contribution in [2.45, 2.75) is 4.90 Å². The van der Waals surface area contributed by atoms with E-state index in [1.165, 1.54) is 13.2 Å². The van der Waals surface area contributed by atoms with Crippen LogP contribution < -0.4 is 14.8 Å². The van der Waals surface area contributed by atoms with Gasteiger partial charge in [-0.1, -0.05) is 0 Å². The van der Waals surface area contributed by atoms with E-state index < -0.39 is 15.8 Å². The second kappa shape index (κ2) is 9.91. The smallest absolute Gasteiger partial charge is 0.244 e. The summed E-state index contributed by atoms with van der Waals surface area (Å²) in [5.74, 6) is -0.543. The normalized spacial score (nSPS) is 11.0. The van der Waals surface area contributed by atoms with E-state index in [1.807, 2.05) is 0 Å². The highest BCUT2D eigenvalue weighted by molar-refractivity contribution is 7.89. The van der Waals surface area contributed by atoms with Crippen LogP contribution in [0, 0.1) is 5.82 Å². The zero-order valence-electron chi connectivity index (χ0n) is 11.9. The Morgan fingerprint density at radius 1 is 1.24 bits per heavy atom. The van der Waals surface area contributed by atoms with Gasteiger partial charge < -0.3 is 14.8 Å². The van der Waals surface area contributed by atoms with Crippen LogP contribution in [-0.2, 0) is 14.8 Å². The number of hydrogen-bond acceptors (Lipinski definition) is 5. The molecule has 0 fully saturated rings. The molecule has 2 N–H and O–H groups in total. The summed E-state index contributed by atoms with van der Waals surface area (Å²) in [7, 11) is -0.610. The van der Waals surface area contributed by atoms with Crippen molar-refractivity contribution in [3.8, 4) is 5.75 Å². The lowest BCUT2D eigenvalue weighted by Gasteiger charge is -2.12. The predicted molar refractivity (Wildman–Crippen MR) is 80.1 cm³/mol. The van der Waals surface area contributed by atoms with E-state index in [4.69, 9.17) is 9.47 Å². The molecule has 0 saturated carbocycles. The van der Waals surface area contributed by atoms with Gasteiger partial charge in [-0.05, 0) is 25.2 Å². The zero-order valence-corrected chi connectivity index (χ0v) is 13.5. The Labute approximate surface area is 130 Å². The van der Waals surface area contributed by atoms with Gasteiger partial charge in [0.2, 0.25) is 10.0 Å². The lowest BCUT2D eigenvalue weighted by Crippen LogP contribution is -2.31. The lowest BCUT2D eigenvalue weighted by molar-refractivity contribution is 0.144. The van der Waals surface area contributed by atoms with Gasteiger partial charge in [0.15, 0.2) is 0 Å². The monoisotopic (exact) mass is 342 g/mol. The molecule has 0 unspecified atom stereocenters. The summed E-state index contributed by atoms with van der Waals surface area (Å²) >= 11 is 0. The van der Waals surface area contributed by atoms with Crippen molar-refractivity contribution < 1.29 is 22.3 Å². The number of sulfonamides is 1. The fourth-order valence-corrected chi connectivity index (χ4v) is 2.62. The first kappa shape index (κ1) is 20.1. The Balaban J connectivity index is 0.00000400. The number of halogens is 2. The second-order valence-electron chi connectivity index (χ2n) is 3.93. The average molecular weight is 343 g/mol. The molecular weight excluding hydrogens is 323 g/mol. The first-order valence-corrected chi connectivity index (χ1v) is 7.55. The van der Waals surface area contributed by atoms with Crippen LogP contribution in [0.2, 0.25) is 0 Å². The Morgan fingerprint density at radius 2 is 1.95 bits per heavy atom. The first-order chi connectivity index (χ1) is 9.51. The van der Waals surface area contributed by atoms with Crippen molar-refractivity contribution in [3.05, 3.63) is 24.0 Å². The fourth-order valence-electron chi connectivity index (χ4n) is 1.43. The van der Waals surface area contributed by atoms with Gasteiger partial charge in [0.05, 0.1) is 6.61 Å². The summed E-state index contributed by atoms with van der Waals surface area (Å²) in [6.07, 6.45) is 0. The van der Waals surface area contributed by atoms with Gasteiger partial charge in [-0.25, -0.2) is 17.5 Å². The SMILES string of the molecule is CNCCNS(=O)(=O)c1cc(F)ccc1OCCOC.Cl. The van der Waals surface area contributed by atoms with Crippen molar-refractivity contribution in [3.63, 3.8) is 0 Å². The molecule has 6 nitrogen and oxygen atoms in total. The minimum absolute atomic E-state index is 0. The number of rotatable bonds is 9. The van der Waals surface area contributed by atoms with Crippen molar-refractivity contribution in [1.29, 1.82) is 0 Å².